The summed E-state index contributed by atoms with van der Waals surface area (Å²) in [4.78, 5) is 39.2. The van der Waals surface area contributed by atoms with E-state index in [4.69, 9.17) is 4.74 Å². The fourth-order valence-electron chi connectivity index (χ4n) is 2.95. The lowest BCUT2D eigenvalue weighted by Crippen LogP contribution is -2.30. The molecule has 1 N–H and O–H groups in total. The molecule has 0 aliphatic rings. The third-order valence-corrected chi connectivity index (χ3v) is 6.91. The maximum Gasteiger partial charge on any atom is 0.339 e. The fraction of sp³-hybridized carbons (Fsp3) is 0.269. The van der Waals surface area contributed by atoms with Crippen molar-refractivity contribution >= 4 is 40.8 Å². The van der Waals surface area contributed by atoms with Crippen LogP contribution in [-0.4, -0.2) is 30.0 Å². The van der Waals surface area contributed by atoms with Crippen molar-refractivity contribution in [3.63, 3.8) is 0 Å². The Kier molecular flexibility index (Phi) is 8.47. The molecule has 0 aliphatic carbocycles. The molecule has 3 aromatic rings. The maximum atomic E-state index is 12.8. The molecule has 2 aromatic carbocycles. The molecular formula is C26H27NO4S2. The summed E-state index contributed by atoms with van der Waals surface area (Å²) >= 11 is 2.85. The van der Waals surface area contributed by atoms with Crippen LogP contribution in [0.3, 0.4) is 0 Å². The van der Waals surface area contributed by atoms with Crippen LogP contribution in [0.5, 0.6) is 0 Å². The molecule has 0 saturated heterocycles. The zero-order valence-electron chi connectivity index (χ0n) is 18.9. The highest BCUT2D eigenvalue weighted by Gasteiger charge is 2.24. The van der Waals surface area contributed by atoms with Crippen LogP contribution < -0.4 is 5.32 Å². The lowest BCUT2D eigenvalue weighted by molar-refractivity contribution is -0.129. The van der Waals surface area contributed by atoms with Gasteiger partial charge in [-0.2, -0.15) is 0 Å². The lowest BCUT2D eigenvalue weighted by atomic mass is 9.91. The topological polar surface area (TPSA) is 72.5 Å². The number of carbonyl (C=O) groups is 3. The van der Waals surface area contributed by atoms with E-state index in [1.165, 1.54) is 11.8 Å². The first kappa shape index (κ1) is 24.7. The number of rotatable bonds is 9. The van der Waals surface area contributed by atoms with E-state index in [-0.39, 0.29) is 30.1 Å². The van der Waals surface area contributed by atoms with Crippen molar-refractivity contribution in [2.45, 2.75) is 31.7 Å². The van der Waals surface area contributed by atoms with Crippen molar-refractivity contribution in [2.24, 2.45) is 5.41 Å². The number of ether oxygens (including phenoxy) is 1. The van der Waals surface area contributed by atoms with Gasteiger partial charge in [0.2, 0.25) is 5.91 Å². The second kappa shape index (κ2) is 11.3. The van der Waals surface area contributed by atoms with Crippen molar-refractivity contribution in [2.75, 3.05) is 12.4 Å². The molecule has 0 spiro atoms. The Morgan fingerprint density at radius 3 is 2.33 bits per heavy atom. The summed E-state index contributed by atoms with van der Waals surface area (Å²) in [5, 5.41) is 5.09. The first-order valence-corrected chi connectivity index (χ1v) is 12.4. The van der Waals surface area contributed by atoms with Gasteiger partial charge in [-0.1, -0.05) is 69.3 Å². The van der Waals surface area contributed by atoms with E-state index < -0.39 is 11.4 Å². The summed E-state index contributed by atoms with van der Waals surface area (Å²) in [6.07, 6.45) is 0. The number of amides is 1. The summed E-state index contributed by atoms with van der Waals surface area (Å²) in [6.45, 7) is 5.07. The molecule has 0 bridgehead atoms. The van der Waals surface area contributed by atoms with Crippen molar-refractivity contribution in [1.82, 2.24) is 5.32 Å². The van der Waals surface area contributed by atoms with Gasteiger partial charge in [-0.15, -0.1) is 23.1 Å². The molecule has 0 unspecified atom stereocenters. The highest BCUT2D eigenvalue weighted by Crippen LogP contribution is 2.27. The van der Waals surface area contributed by atoms with E-state index >= 15 is 0 Å². The third kappa shape index (κ3) is 7.04. The van der Waals surface area contributed by atoms with Gasteiger partial charge >= 0.3 is 5.97 Å². The average Bonchev–Trinajstić information content (AvgIpc) is 3.34. The predicted molar refractivity (Wildman–Crippen MR) is 133 cm³/mol. The molecule has 0 saturated carbocycles. The molecule has 1 heterocycles. The number of hydrogen-bond acceptors (Lipinski definition) is 6. The monoisotopic (exact) mass is 481 g/mol. The maximum absolute atomic E-state index is 12.8. The Bertz CT molecular complexity index is 1090. The molecular weight excluding hydrogens is 454 g/mol. The van der Waals surface area contributed by atoms with Gasteiger partial charge in [0.1, 0.15) is 0 Å². The zero-order chi connectivity index (χ0) is 23.8. The summed E-state index contributed by atoms with van der Waals surface area (Å²) in [5.41, 5.74) is 0.769. The van der Waals surface area contributed by atoms with Crippen molar-refractivity contribution < 1.29 is 19.1 Å². The zero-order valence-corrected chi connectivity index (χ0v) is 20.5. The second-order valence-electron chi connectivity index (χ2n) is 8.46. The summed E-state index contributed by atoms with van der Waals surface area (Å²) < 4.78 is 5.23. The quantitative estimate of drug-likeness (QED) is 0.322. The summed E-state index contributed by atoms with van der Waals surface area (Å²) in [7, 11) is 0. The van der Waals surface area contributed by atoms with Crippen molar-refractivity contribution in [3.8, 4) is 0 Å². The number of nitrogens with one attached hydrogen (secondary N) is 1. The average molecular weight is 482 g/mol. The highest BCUT2D eigenvalue weighted by molar-refractivity contribution is 8.00. The van der Waals surface area contributed by atoms with Gasteiger partial charge in [0.25, 0.3) is 0 Å². The number of benzene rings is 2. The Balaban J connectivity index is 1.64. The van der Waals surface area contributed by atoms with Crippen LogP contribution in [0.1, 0.15) is 47.6 Å². The van der Waals surface area contributed by atoms with Crippen LogP contribution in [-0.2, 0) is 14.3 Å². The number of esters is 1. The van der Waals surface area contributed by atoms with E-state index in [0.29, 0.717) is 10.5 Å². The third-order valence-electron chi connectivity index (χ3n) is 4.90. The minimum Gasteiger partial charge on any atom is -0.454 e. The summed E-state index contributed by atoms with van der Waals surface area (Å²) in [6, 6.07) is 20.5. The molecule has 7 heteroatoms. The van der Waals surface area contributed by atoms with Crippen LogP contribution in [0.25, 0.3) is 0 Å². The Morgan fingerprint density at radius 2 is 1.67 bits per heavy atom. The number of thioether (sulfide) groups is 1. The molecule has 3 rings (SSSR count). The fourth-order valence-corrected chi connectivity index (χ4v) is 4.61. The largest absolute Gasteiger partial charge is 0.454 e. The normalized spacial score (nSPS) is 12.1. The summed E-state index contributed by atoms with van der Waals surface area (Å²) in [5.74, 6) is -0.731. The van der Waals surface area contributed by atoms with Gasteiger partial charge in [-0.25, -0.2) is 4.79 Å². The first-order valence-electron chi connectivity index (χ1n) is 10.6. The van der Waals surface area contributed by atoms with Crippen molar-refractivity contribution in [3.05, 3.63) is 88.1 Å². The molecule has 0 aliphatic heterocycles. The van der Waals surface area contributed by atoms with E-state index in [1.807, 2.05) is 47.8 Å². The molecule has 1 amide bonds. The second-order valence-corrected chi connectivity index (χ2v) is 10.5. The highest BCUT2D eigenvalue weighted by atomic mass is 32.2. The molecule has 33 heavy (non-hydrogen) atoms. The van der Waals surface area contributed by atoms with Crippen LogP contribution in [0, 0.1) is 5.41 Å². The van der Waals surface area contributed by atoms with Crippen LogP contribution in [0.4, 0.5) is 0 Å². The van der Waals surface area contributed by atoms with Gasteiger partial charge in [-0.05, 0) is 29.1 Å². The lowest BCUT2D eigenvalue weighted by Gasteiger charge is -2.18. The Labute approximate surface area is 202 Å². The molecule has 0 fully saturated rings. The number of ketones is 1. The smallest absolute Gasteiger partial charge is 0.339 e. The van der Waals surface area contributed by atoms with Crippen LogP contribution in [0.2, 0.25) is 0 Å². The first-order chi connectivity index (χ1) is 15.8. The predicted octanol–water partition coefficient (Wildman–Crippen LogP) is 5.52. The van der Waals surface area contributed by atoms with E-state index in [0.717, 1.165) is 10.4 Å². The van der Waals surface area contributed by atoms with Gasteiger partial charge in [0.15, 0.2) is 12.4 Å². The minimum absolute atomic E-state index is 0.139. The van der Waals surface area contributed by atoms with Gasteiger partial charge in [-0.3, -0.25) is 9.59 Å². The van der Waals surface area contributed by atoms with Crippen molar-refractivity contribution in [1.29, 1.82) is 0 Å². The Hall–Kier alpha value is -2.90. The van der Waals surface area contributed by atoms with E-state index in [2.05, 4.69) is 5.32 Å². The van der Waals surface area contributed by atoms with Gasteiger partial charge in [0.05, 0.1) is 17.4 Å². The van der Waals surface area contributed by atoms with E-state index in [1.54, 1.807) is 56.4 Å². The SMILES string of the molecule is CC(C)(C)C(=O)COC(=O)c1ccccc1SCC(=O)N[C@H](c1ccccc1)c1cccs1. The van der Waals surface area contributed by atoms with Gasteiger partial charge in [0, 0.05) is 15.2 Å². The number of hydrogen-bond donors (Lipinski definition) is 1. The molecule has 1 atom stereocenters. The Morgan fingerprint density at radius 1 is 0.970 bits per heavy atom. The minimum atomic E-state index is -0.579. The number of thiophene rings is 1. The molecule has 0 radical (unpaired) electrons. The number of Topliss-reactive ketones (excluding diaryl/α,β-unsaturated/α-hetero) is 1. The molecule has 172 valence electrons. The molecule has 1 aromatic heterocycles. The number of carbonyl (C=O) groups excluding carboxylic acids is 3. The van der Waals surface area contributed by atoms with Gasteiger partial charge < -0.3 is 10.1 Å². The molecule has 5 nitrogen and oxygen atoms in total. The van der Waals surface area contributed by atoms with Crippen LogP contribution in [0.15, 0.2) is 77.0 Å². The van der Waals surface area contributed by atoms with Crippen LogP contribution >= 0.6 is 23.1 Å². The van der Waals surface area contributed by atoms with E-state index in [9.17, 15) is 14.4 Å². The standard InChI is InChI=1S/C26H27NO4S2/c1-26(2,3)22(28)16-31-25(30)19-12-7-8-13-20(19)33-17-23(29)27-24(21-14-9-15-32-21)18-10-5-4-6-11-18/h4-15,24H,16-17H2,1-3H3,(H,27,29)/t24-/m1/s1.